The Morgan fingerprint density at radius 2 is 1.95 bits per heavy atom. The predicted molar refractivity (Wildman–Crippen MR) is 66.1 cm³/mol. The molecule has 1 aromatic carbocycles. The first kappa shape index (κ1) is 13.0. The van der Waals surface area contributed by atoms with Gasteiger partial charge in [0.05, 0.1) is 6.61 Å². The van der Waals surface area contributed by atoms with Gasteiger partial charge in [-0.05, 0) is 42.2 Å². The van der Waals surface area contributed by atoms with Gasteiger partial charge in [0.1, 0.15) is 0 Å². The summed E-state index contributed by atoms with van der Waals surface area (Å²) in [6.07, 6.45) is -1.51. The lowest BCUT2D eigenvalue weighted by Crippen LogP contribution is -2.41. The molecule has 1 aromatic rings. The van der Waals surface area contributed by atoms with Gasteiger partial charge in [-0.3, -0.25) is 0 Å². The van der Waals surface area contributed by atoms with Crippen LogP contribution in [0.1, 0.15) is 37.3 Å². The number of ether oxygens (including phenoxy) is 1. The van der Waals surface area contributed by atoms with Crippen molar-refractivity contribution < 1.29 is 17.9 Å². The fourth-order valence-corrected chi connectivity index (χ4v) is 3.40. The molecule has 2 aliphatic rings. The molecule has 19 heavy (non-hydrogen) atoms. The van der Waals surface area contributed by atoms with Crippen LogP contribution in [0.15, 0.2) is 24.3 Å². The van der Waals surface area contributed by atoms with Gasteiger partial charge >= 0.3 is 6.18 Å². The van der Waals surface area contributed by atoms with Gasteiger partial charge in [0.25, 0.3) is 0 Å². The Balaban J connectivity index is 1.93. The van der Waals surface area contributed by atoms with Crippen LogP contribution in [0.25, 0.3) is 0 Å². The second kappa shape index (κ2) is 3.98. The van der Waals surface area contributed by atoms with Crippen LogP contribution in [0.3, 0.4) is 0 Å². The fraction of sp³-hybridized carbons (Fsp3) is 0.600. The molecule has 3 rings (SSSR count). The summed E-state index contributed by atoms with van der Waals surface area (Å²) in [5.41, 5.74) is -0.0674. The lowest BCUT2D eigenvalue weighted by atomic mass is 9.67. The van der Waals surface area contributed by atoms with Crippen LogP contribution in [-0.4, -0.2) is 18.4 Å². The van der Waals surface area contributed by atoms with E-state index in [2.05, 4.69) is 0 Å². The topological polar surface area (TPSA) is 12.5 Å². The lowest BCUT2D eigenvalue weighted by molar-refractivity contribution is -0.189. The Kier molecular flexibility index (Phi) is 2.72. The maximum absolute atomic E-state index is 13.1. The molecule has 2 atom stereocenters. The quantitative estimate of drug-likeness (QED) is 0.740. The number of benzene rings is 1. The van der Waals surface area contributed by atoms with Gasteiger partial charge < -0.3 is 4.74 Å². The smallest absolute Gasteiger partial charge is 0.360 e. The van der Waals surface area contributed by atoms with Crippen molar-refractivity contribution in [1.82, 2.24) is 0 Å². The molecule has 1 heterocycles. The molecule has 2 unspecified atom stereocenters. The highest BCUT2D eigenvalue weighted by molar-refractivity contribution is 5.37. The van der Waals surface area contributed by atoms with E-state index in [1.165, 1.54) is 5.56 Å². The van der Waals surface area contributed by atoms with E-state index in [4.69, 9.17) is 4.74 Å². The third kappa shape index (κ3) is 2.06. The standard InChI is InChI=1S/C15H17F3O/c1-13(9-14(10-19-14)15(16,17)18)8-4-6-11-5-2-3-7-12(11)13/h2-3,5,7H,4,6,8-10H2,1H3. The molecule has 0 bridgehead atoms. The number of hydrogen-bond acceptors (Lipinski definition) is 1. The molecule has 1 fully saturated rings. The minimum atomic E-state index is -4.26. The van der Waals surface area contributed by atoms with E-state index in [-0.39, 0.29) is 13.0 Å². The molecule has 0 saturated carbocycles. The van der Waals surface area contributed by atoms with Crippen molar-refractivity contribution >= 4 is 0 Å². The van der Waals surface area contributed by atoms with Crippen molar-refractivity contribution in [1.29, 1.82) is 0 Å². The van der Waals surface area contributed by atoms with Crippen LogP contribution < -0.4 is 0 Å². The van der Waals surface area contributed by atoms with Gasteiger partial charge in [-0.1, -0.05) is 31.2 Å². The summed E-state index contributed by atoms with van der Waals surface area (Å²) in [5.74, 6) is 0. The Hall–Kier alpha value is -1.03. The summed E-state index contributed by atoms with van der Waals surface area (Å²) < 4.78 is 44.0. The average Bonchev–Trinajstić information content (AvgIpc) is 3.10. The van der Waals surface area contributed by atoms with E-state index in [0.29, 0.717) is 0 Å². The maximum atomic E-state index is 13.1. The van der Waals surface area contributed by atoms with Gasteiger partial charge in [0, 0.05) is 0 Å². The Bertz CT molecular complexity index is 490. The van der Waals surface area contributed by atoms with Gasteiger partial charge in [-0.2, -0.15) is 13.2 Å². The molecule has 0 N–H and O–H groups in total. The highest BCUT2D eigenvalue weighted by Crippen LogP contribution is 2.53. The van der Waals surface area contributed by atoms with Gasteiger partial charge in [0.15, 0.2) is 5.60 Å². The molecule has 1 nitrogen and oxygen atoms in total. The number of aryl methyl sites for hydroxylation is 1. The predicted octanol–water partition coefficient (Wildman–Crippen LogP) is 4.00. The van der Waals surface area contributed by atoms with Gasteiger partial charge in [-0.25, -0.2) is 0 Å². The zero-order chi connectivity index (χ0) is 13.7. The van der Waals surface area contributed by atoms with Gasteiger partial charge in [-0.15, -0.1) is 0 Å². The van der Waals surface area contributed by atoms with Crippen molar-refractivity contribution in [2.45, 2.75) is 49.8 Å². The summed E-state index contributed by atoms with van der Waals surface area (Å²) in [5, 5.41) is 0. The third-order valence-electron chi connectivity index (χ3n) is 4.53. The van der Waals surface area contributed by atoms with E-state index in [0.717, 1.165) is 24.8 Å². The van der Waals surface area contributed by atoms with E-state index >= 15 is 0 Å². The zero-order valence-electron chi connectivity index (χ0n) is 10.9. The van der Waals surface area contributed by atoms with Crippen molar-refractivity contribution in [3.63, 3.8) is 0 Å². The minimum absolute atomic E-state index is 0.0422. The number of alkyl halides is 3. The molecule has 1 aliphatic carbocycles. The summed E-state index contributed by atoms with van der Waals surface area (Å²) >= 11 is 0. The number of halogens is 3. The number of hydrogen-bond donors (Lipinski definition) is 0. The van der Waals surface area contributed by atoms with Gasteiger partial charge in [0.2, 0.25) is 0 Å². The molecule has 0 amide bonds. The number of epoxide rings is 1. The molecule has 0 spiro atoms. The van der Waals surface area contributed by atoms with Crippen LogP contribution in [0.2, 0.25) is 0 Å². The maximum Gasteiger partial charge on any atom is 0.419 e. The second-order valence-corrected chi connectivity index (χ2v) is 6.03. The first-order chi connectivity index (χ1) is 8.86. The Labute approximate surface area is 110 Å². The van der Waals surface area contributed by atoms with Crippen molar-refractivity contribution in [2.24, 2.45) is 0 Å². The normalized spacial score (nSPS) is 33.9. The highest BCUT2D eigenvalue weighted by atomic mass is 19.4. The van der Waals surface area contributed by atoms with E-state index in [9.17, 15) is 13.2 Å². The van der Waals surface area contributed by atoms with E-state index < -0.39 is 17.2 Å². The minimum Gasteiger partial charge on any atom is -0.360 e. The Morgan fingerprint density at radius 1 is 1.26 bits per heavy atom. The van der Waals surface area contributed by atoms with Crippen molar-refractivity contribution in [3.05, 3.63) is 35.4 Å². The SMILES string of the molecule is CC1(CC2(C(F)(F)F)CO2)CCCc2ccccc21. The highest BCUT2D eigenvalue weighted by Gasteiger charge is 2.67. The molecular formula is C15H17F3O. The Morgan fingerprint density at radius 3 is 2.58 bits per heavy atom. The second-order valence-electron chi connectivity index (χ2n) is 6.03. The van der Waals surface area contributed by atoms with Crippen LogP contribution in [0.4, 0.5) is 13.2 Å². The fourth-order valence-electron chi connectivity index (χ4n) is 3.40. The average molecular weight is 270 g/mol. The first-order valence-corrected chi connectivity index (χ1v) is 6.65. The van der Waals surface area contributed by atoms with Crippen LogP contribution in [0, 0.1) is 0 Å². The summed E-state index contributed by atoms with van der Waals surface area (Å²) in [6, 6.07) is 7.87. The lowest BCUT2D eigenvalue weighted by Gasteiger charge is -2.38. The molecule has 1 aliphatic heterocycles. The van der Waals surface area contributed by atoms with Crippen molar-refractivity contribution in [2.75, 3.05) is 6.61 Å². The van der Waals surface area contributed by atoms with E-state index in [1.807, 2.05) is 31.2 Å². The molecule has 1 saturated heterocycles. The number of fused-ring (bicyclic) bond motifs is 1. The molecular weight excluding hydrogens is 253 g/mol. The monoisotopic (exact) mass is 270 g/mol. The third-order valence-corrected chi connectivity index (χ3v) is 4.53. The first-order valence-electron chi connectivity index (χ1n) is 6.65. The van der Waals surface area contributed by atoms with Crippen LogP contribution in [-0.2, 0) is 16.6 Å². The molecule has 0 radical (unpaired) electrons. The number of rotatable bonds is 2. The largest absolute Gasteiger partial charge is 0.419 e. The van der Waals surface area contributed by atoms with Crippen LogP contribution >= 0.6 is 0 Å². The summed E-state index contributed by atoms with van der Waals surface area (Å²) in [6.45, 7) is 1.76. The van der Waals surface area contributed by atoms with Crippen molar-refractivity contribution in [3.8, 4) is 0 Å². The summed E-state index contributed by atoms with van der Waals surface area (Å²) in [7, 11) is 0. The molecule has 104 valence electrons. The molecule has 0 aromatic heterocycles. The van der Waals surface area contributed by atoms with E-state index in [1.54, 1.807) is 0 Å². The summed E-state index contributed by atoms with van der Waals surface area (Å²) in [4.78, 5) is 0. The zero-order valence-corrected chi connectivity index (χ0v) is 10.9. The van der Waals surface area contributed by atoms with Crippen LogP contribution in [0.5, 0.6) is 0 Å². The molecule has 4 heteroatoms.